The van der Waals surface area contributed by atoms with Gasteiger partial charge in [0, 0.05) is 11.8 Å². The van der Waals surface area contributed by atoms with Crippen LogP contribution in [0.1, 0.15) is 15.9 Å². The van der Waals surface area contributed by atoms with Crippen LogP contribution >= 0.6 is 0 Å². The summed E-state index contributed by atoms with van der Waals surface area (Å²) < 4.78 is 25.9. The molecule has 2 nitrogen and oxygen atoms in total. The van der Waals surface area contributed by atoms with Crippen LogP contribution in [0, 0.1) is 11.6 Å². The maximum Gasteiger partial charge on any atom is 0.196 e. The predicted molar refractivity (Wildman–Crippen MR) is 54.0 cm³/mol. The fourth-order valence-electron chi connectivity index (χ4n) is 1.32. The third-order valence-electron chi connectivity index (χ3n) is 2.12. The molecule has 1 heterocycles. The second-order valence-corrected chi connectivity index (χ2v) is 3.19. The maximum atomic E-state index is 13.2. The van der Waals surface area contributed by atoms with Gasteiger partial charge in [-0.05, 0) is 30.3 Å². The van der Waals surface area contributed by atoms with Crippen LogP contribution in [0.15, 0.2) is 42.7 Å². The van der Waals surface area contributed by atoms with Crippen molar-refractivity contribution in [1.29, 1.82) is 0 Å². The first-order valence-electron chi connectivity index (χ1n) is 4.58. The molecule has 0 unspecified atom stereocenters. The number of rotatable bonds is 2. The Kier molecular flexibility index (Phi) is 2.72. The average molecular weight is 219 g/mol. The van der Waals surface area contributed by atoms with Crippen molar-refractivity contribution in [3.63, 3.8) is 0 Å². The van der Waals surface area contributed by atoms with Gasteiger partial charge in [0.15, 0.2) is 11.6 Å². The lowest BCUT2D eigenvalue weighted by Gasteiger charge is -2.01. The Balaban J connectivity index is 2.40. The fraction of sp³-hybridized carbons (Fsp3) is 0. The zero-order chi connectivity index (χ0) is 11.5. The third kappa shape index (κ3) is 1.95. The van der Waals surface area contributed by atoms with Gasteiger partial charge in [-0.2, -0.15) is 0 Å². The summed E-state index contributed by atoms with van der Waals surface area (Å²) in [5.74, 6) is -1.61. The van der Waals surface area contributed by atoms with Crippen LogP contribution in [0.5, 0.6) is 0 Å². The van der Waals surface area contributed by atoms with E-state index in [0.717, 1.165) is 18.3 Å². The van der Waals surface area contributed by atoms with E-state index in [1.165, 1.54) is 24.4 Å². The molecule has 0 saturated heterocycles. The number of halogens is 2. The molecule has 0 saturated carbocycles. The normalized spacial score (nSPS) is 10.1. The number of hydrogen-bond acceptors (Lipinski definition) is 2. The number of nitrogens with zero attached hydrogens (tertiary/aromatic N) is 1. The summed E-state index contributed by atoms with van der Waals surface area (Å²) >= 11 is 0. The van der Waals surface area contributed by atoms with Crippen molar-refractivity contribution in [1.82, 2.24) is 4.98 Å². The van der Waals surface area contributed by atoms with Crippen LogP contribution < -0.4 is 0 Å². The molecule has 0 aliphatic heterocycles. The standard InChI is InChI=1S/C12H7F2NO/c13-9-3-1-8(2-4-9)12(16)10-5-6-15-7-11(10)14/h1-7H. The first kappa shape index (κ1) is 10.4. The van der Waals surface area contributed by atoms with Gasteiger partial charge >= 0.3 is 0 Å². The van der Waals surface area contributed by atoms with E-state index in [0.29, 0.717) is 0 Å². The molecule has 0 aliphatic carbocycles. The van der Waals surface area contributed by atoms with Crippen molar-refractivity contribution in [2.75, 3.05) is 0 Å². The fourth-order valence-corrected chi connectivity index (χ4v) is 1.32. The van der Waals surface area contributed by atoms with Crippen LogP contribution in [0.4, 0.5) is 8.78 Å². The molecule has 0 radical (unpaired) electrons. The van der Waals surface area contributed by atoms with Crippen molar-refractivity contribution < 1.29 is 13.6 Å². The molecule has 2 rings (SSSR count). The number of aromatic nitrogens is 1. The van der Waals surface area contributed by atoms with Gasteiger partial charge in [0.1, 0.15) is 5.82 Å². The summed E-state index contributed by atoms with van der Waals surface area (Å²) in [4.78, 5) is 15.3. The Hall–Kier alpha value is -2.10. The molecule has 0 fully saturated rings. The lowest BCUT2D eigenvalue weighted by molar-refractivity contribution is 0.103. The van der Waals surface area contributed by atoms with Crippen molar-refractivity contribution in [3.05, 3.63) is 65.5 Å². The monoisotopic (exact) mass is 219 g/mol. The van der Waals surface area contributed by atoms with Crippen LogP contribution in [-0.2, 0) is 0 Å². The number of pyridine rings is 1. The van der Waals surface area contributed by atoms with E-state index in [2.05, 4.69) is 4.98 Å². The van der Waals surface area contributed by atoms with Gasteiger partial charge in [0.2, 0.25) is 0 Å². The molecule has 0 bridgehead atoms. The quantitative estimate of drug-likeness (QED) is 0.726. The van der Waals surface area contributed by atoms with Gasteiger partial charge < -0.3 is 0 Å². The SMILES string of the molecule is O=C(c1ccc(F)cc1)c1ccncc1F. The van der Waals surface area contributed by atoms with E-state index in [4.69, 9.17) is 0 Å². The van der Waals surface area contributed by atoms with Gasteiger partial charge in [-0.25, -0.2) is 8.78 Å². The molecular weight excluding hydrogens is 212 g/mol. The zero-order valence-corrected chi connectivity index (χ0v) is 8.15. The van der Waals surface area contributed by atoms with Gasteiger partial charge in [-0.3, -0.25) is 9.78 Å². The van der Waals surface area contributed by atoms with Crippen LogP contribution in [0.2, 0.25) is 0 Å². The third-order valence-corrected chi connectivity index (χ3v) is 2.12. The van der Waals surface area contributed by atoms with E-state index in [-0.39, 0.29) is 11.1 Å². The van der Waals surface area contributed by atoms with E-state index < -0.39 is 17.4 Å². The highest BCUT2D eigenvalue weighted by Gasteiger charge is 2.13. The second kappa shape index (κ2) is 4.18. The summed E-state index contributed by atoms with van der Waals surface area (Å²) in [6.45, 7) is 0. The van der Waals surface area contributed by atoms with Gasteiger partial charge in [-0.15, -0.1) is 0 Å². The largest absolute Gasteiger partial charge is 0.288 e. The average Bonchev–Trinajstić information content (AvgIpc) is 2.30. The summed E-state index contributed by atoms with van der Waals surface area (Å²) in [6.07, 6.45) is 2.30. The van der Waals surface area contributed by atoms with Gasteiger partial charge in [0.05, 0.1) is 11.8 Å². The topological polar surface area (TPSA) is 30.0 Å². The van der Waals surface area contributed by atoms with E-state index in [1.54, 1.807) is 0 Å². The number of carbonyl (C=O) groups excluding carboxylic acids is 1. The molecule has 0 atom stereocenters. The van der Waals surface area contributed by atoms with Crippen molar-refractivity contribution in [2.45, 2.75) is 0 Å². The molecule has 80 valence electrons. The molecular formula is C12H7F2NO. The highest BCUT2D eigenvalue weighted by Crippen LogP contribution is 2.12. The molecule has 1 aromatic carbocycles. The van der Waals surface area contributed by atoms with Crippen molar-refractivity contribution >= 4 is 5.78 Å². The molecule has 0 amide bonds. The van der Waals surface area contributed by atoms with E-state index in [1.807, 2.05) is 0 Å². The summed E-state index contributed by atoms with van der Waals surface area (Å²) in [7, 11) is 0. The second-order valence-electron chi connectivity index (χ2n) is 3.19. The van der Waals surface area contributed by atoms with Crippen LogP contribution in [-0.4, -0.2) is 10.8 Å². The van der Waals surface area contributed by atoms with Crippen LogP contribution in [0.25, 0.3) is 0 Å². The molecule has 2 aromatic rings. The Morgan fingerprint density at radius 3 is 2.38 bits per heavy atom. The van der Waals surface area contributed by atoms with Crippen molar-refractivity contribution in [3.8, 4) is 0 Å². The van der Waals surface area contributed by atoms with E-state index in [9.17, 15) is 13.6 Å². The minimum Gasteiger partial charge on any atom is -0.288 e. The number of benzene rings is 1. The summed E-state index contributed by atoms with van der Waals surface area (Å²) in [5.41, 5.74) is 0.174. The zero-order valence-electron chi connectivity index (χ0n) is 8.15. The minimum absolute atomic E-state index is 0.0680. The van der Waals surface area contributed by atoms with E-state index >= 15 is 0 Å². The van der Waals surface area contributed by atoms with Crippen molar-refractivity contribution in [2.24, 2.45) is 0 Å². The molecule has 0 N–H and O–H groups in total. The Labute approximate surface area is 90.6 Å². The number of hydrogen-bond donors (Lipinski definition) is 0. The first-order valence-corrected chi connectivity index (χ1v) is 4.58. The summed E-state index contributed by atoms with van der Waals surface area (Å²) in [5, 5.41) is 0. The Morgan fingerprint density at radius 2 is 1.75 bits per heavy atom. The Morgan fingerprint density at radius 1 is 1.06 bits per heavy atom. The van der Waals surface area contributed by atoms with Gasteiger partial charge in [-0.1, -0.05) is 0 Å². The maximum absolute atomic E-state index is 13.2. The molecule has 16 heavy (non-hydrogen) atoms. The lowest BCUT2D eigenvalue weighted by atomic mass is 10.0. The minimum atomic E-state index is -0.683. The Bertz CT molecular complexity index is 523. The number of ketones is 1. The van der Waals surface area contributed by atoms with Gasteiger partial charge in [0.25, 0.3) is 0 Å². The summed E-state index contributed by atoms with van der Waals surface area (Å²) in [6, 6.07) is 6.24. The molecule has 0 spiro atoms. The smallest absolute Gasteiger partial charge is 0.196 e. The first-order chi connectivity index (χ1) is 7.68. The molecule has 0 aliphatic rings. The highest BCUT2D eigenvalue weighted by molar-refractivity contribution is 6.09. The number of carbonyl (C=O) groups is 1. The molecule has 4 heteroatoms. The lowest BCUT2D eigenvalue weighted by Crippen LogP contribution is -2.04. The van der Waals surface area contributed by atoms with Crippen LogP contribution in [0.3, 0.4) is 0 Å². The highest BCUT2D eigenvalue weighted by atomic mass is 19.1. The predicted octanol–water partition coefficient (Wildman–Crippen LogP) is 2.59. The molecule has 1 aromatic heterocycles.